The summed E-state index contributed by atoms with van der Waals surface area (Å²) in [4.78, 5) is 0.536. The molecule has 0 aromatic carbocycles. The van der Waals surface area contributed by atoms with E-state index in [1.807, 2.05) is 6.92 Å². The molecule has 0 aliphatic carbocycles. The summed E-state index contributed by atoms with van der Waals surface area (Å²) in [7, 11) is -0.594. The Kier molecular flexibility index (Phi) is 14.8. The van der Waals surface area contributed by atoms with Gasteiger partial charge in [-0.25, -0.2) is 0 Å². The van der Waals surface area contributed by atoms with Crippen LogP contribution >= 0.6 is 0 Å². The zero-order valence-corrected chi connectivity index (χ0v) is 18.7. The van der Waals surface area contributed by atoms with Crippen LogP contribution in [-0.4, -0.2) is 36.8 Å². The summed E-state index contributed by atoms with van der Waals surface area (Å²) in [6.07, 6.45) is 18.9. The fraction of sp³-hybridized carbons (Fsp3) is 1.00. The lowest BCUT2D eigenvalue weighted by molar-refractivity contribution is 0.198. The van der Waals surface area contributed by atoms with Crippen molar-refractivity contribution in [2.75, 3.05) is 14.1 Å². The first-order valence-corrected chi connectivity index (χ1v) is 12.4. The third-order valence-corrected chi connectivity index (χ3v) is 7.59. The predicted molar refractivity (Wildman–Crippen MR) is 113 cm³/mol. The highest BCUT2D eigenvalue weighted by atomic mass is 32.2. The molecule has 0 radical (unpaired) electrons. The Balaban J connectivity index is 3.66. The van der Waals surface area contributed by atoms with Gasteiger partial charge in [0.15, 0.2) is 0 Å². The standard InChI is InChI=1S/C21H45NO3S/c1-5-7-8-9-10-11-12-13-14-15-16-17-18-19-20-21(6-2,22(3)4)26(23,24)25/h5-20H2,1-4H3,(H,23,24,25). The van der Waals surface area contributed by atoms with Gasteiger partial charge < -0.3 is 0 Å². The molecule has 0 aromatic rings. The van der Waals surface area contributed by atoms with E-state index < -0.39 is 15.0 Å². The van der Waals surface area contributed by atoms with E-state index in [4.69, 9.17) is 0 Å². The van der Waals surface area contributed by atoms with Gasteiger partial charge in [0.2, 0.25) is 0 Å². The molecule has 0 bridgehead atoms. The van der Waals surface area contributed by atoms with Crippen LogP contribution in [0.25, 0.3) is 0 Å². The van der Waals surface area contributed by atoms with E-state index in [1.165, 1.54) is 70.6 Å². The summed E-state index contributed by atoms with van der Waals surface area (Å²) < 4.78 is 33.2. The van der Waals surface area contributed by atoms with Crippen LogP contribution in [0.15, 0.2) is 0 Å². The molecular weight excluding hydrogens is 346 g/mol. The van der Waals surface area contributed by atoms with Gasteiger partial charge in [0.25, 0.3) is 10.1 Å². The zero-order chi connectivity index (χ0) is 19.9. The second-order valence-electron chi connectivity index (χ2n) is 8.02. The van der Waals surface area contributed by atoms with Crippen molar-refractivity contribution < 1.29 is 13.0 Å². The van der Waals surface area contributed by atoms with E-state index in [0.717, 1.165) is 19.3 Å². The second kappa shape index (κ2) is 14.9. The summed E-state index contributed by atoms with van der Waals surface area (Å²) in [5, 5.41) is 0. The van der Waals surface area contributed by atoms with Gasteiger partial charge >= 0.3 is 0 Å². The molecule has 1 N–H and O–H groups in total. The van der Waals surface area contributed by atoms with Gasteiger partial charge in [-0.15, -0.1) is 0 Å². The van der Waals surface area contributed by atoms with Gasteiger partial charge in [0, 0.05) is 0 Å². The number of hydrogen-bond acceptors (Lipinski definition) is 3. The van der Waals surface area contributed by atoms with Crippen LogP contribution < -0.4 is 0 Å². The quantitative estimate of drug-likeness (QED) is 0.216. The first-order valence-electron chi connectivity index (χ1n) is 11.0. The van der Waals surface area contributed by atoms with Crippen LogP contribution in [0, 0.1) is 0 Å². The SMILES string of the molecule is CCCCCCCCCCCCCCCCC(CC)(N(C)C)S(=O)(=O)O. The van der Waals surface area contributed by atoms with Gasteiger partial charge in [-0.1, -0.05) is 104 Å². The number of rotatable bonds is 18. The molecule has 0 aromatic heterocycles. The molecule has 5 heteroatoms. The molecule has 1 atom stereocenters. The van der Waals surface area contributed by atoms with Crippen molar-refractivity contribution in [2.24, 2.45) is 0 Å². The van der Waals surface area contributed by atoms with Gasteiger partial charge in [-0.05, 0) is 26.9 Å². The van der Waals surface area contributed by atoms with Crippen molar-refractivity contribution in [3.8, 4) is 0 Å². The third-order valence-electron chi connectivity index (χ3n) is 5.77. The van der Waals surface area contributed by atoms with Crippen LogP contribution in [0.5, 0.6) is 0 Å². The third kappa shape index (κ3) is 10.3. The van der Waals surface area contributed by atoms with E-state index >= 15 is 0 Å². The monoisotopic (exact) mass is 391 g/mol. The lowest BCUT2D eigenvalue weighted by Crippen LogP contribution is -2.50. The minimum atomic E-state index is -4.07. The highest BCUT2D eigenvalue weighted by Crippen LogP contribution is 2.30. The van der Waals surface area contributed by atoms with E-state index in [1.54, 1.807) is 19.0 Å². The molecule has 0 rings (SSSR count). The van der Waals surface area contributed by atoms with Crippen LogP contribution in [0.1, 0.15) is 117 Å². The minimum Gasteiger partial charge on any atom is -0.289 e. The molecule has 0 saturated heterocycles. The van der Waals surface area contributed by atoms with Crippen LogP contribution in [-0.2, 0) is 10.1 Å². The Bertz CT molecular complexity index is 423. The summed E-state index contributed by atoms with van der Waals surface area (Å²) in [5.41, 5.74) is 0. The molecular formula is C21H45NO3S. The van der Waals surface area contributed by atoms with Crippen molar-refractivity contribution in [3.63, 3.8) is 0 Å². The Labute approximate surface area is 163 Å². The first kappa shape index (κ1) is 25.9. The van der Waals surface area contributed by atoms with Gasteiger partial charge in [-0.2, -0.15) is 8.42 Å². The van der Waals surface area contributed by atoms with Crippen molar-refractivity contribution in [2.45, 2.75) is 121 Å². The topological polar surface area (TPSA) is 57.6 Å². The normalized spacial score (nSPS) is 14.7. The molecule has 0 saturated carbocycles. The lowest BCUT2D eigenvalue weighted by Gasteiger charge is -2.36. The fourth-order valence-electron chi connectivity index (χ4n) is 3.85. The van der Waals surface area contributed by atoms with Crippen molar-refractivity contribution in [1.82, 2.24) is 4.90 Å². The van der Waals surface area contributed by atoms with Crippen molar-refractivity contribution >= 4 is 10.1 Å². The average molecular weight is 392 g/mol. The van der Waals surface area contributed by atoms with Crippen LogP contribution in [0.2, 0.25) is 0 Å². The highest BCUT2D eigenvalue weighted by Gasteiger charge is 2.42. The average Bonchev–Trinajstić information content (AvgIpc) is 2.57. The Morgan fingerprint density at radius 3 is 1.31 bits per heavy atom. The van der Waals surface area contributed by atoms with E-state index in [2.05, 4.69) is 6.92 Å². The molecule has 158 valence electrons. The predicted octanol–water partition coefficient (Wildman–Crippen LogP) is 6.41. The summed E-state index contributed by atoms with van der Waals surface area (Å²) >= 11 is 0. The number of unbranched alkanes of at least 4 members (excludes halogenated alkanes) is 13. The van der Waals surface area contributed by atoms with E-state index in [9.17, 15) is 13.0 Å². The van der Waals surface area contributed by atoms with Crippen molar-refractivity contribution in [1.29, 1.82) is 0 Å². The van der Waals surface area contributed by atoms with E-state index in [-0.39, 0.29) is 0 Å². The molecule has 26 heavy (non-hydrogen) atoms. The molecule has 0 spiro atoms. The van der Waals surface area contributed by atoms with Gasteiger partial charge in [0.1, 0.15) is 4.87 Å². The second-order valence-corrected chi connectivity index (χ2v) is 9.73. The Morgan fingerprint density at radius 1 is 0.692 bits per heavy atom. The lowest BCUT2D eigenvalue weighted by atomic mass is 10.0. The minimum absolute atomic E-state index is 0.414. The Morgan fingerprint density at radius 2 is 1.04 bits per heavy atom. The largest absolute Gasteiger partial charge is 0.289 e. The summed E-state index contributed by atoms with van der Waals surface area (Å²) in [6, 6.07) is 0. The maximum absolute atomic E-state index is 11.8. The zero-order valence-electron chi connectivity index (χ0n) is 17.9. The summed E-state index contributed by atoms with van der Waals surface area (Å²) in [5.74, 6) is 0. The molecule has 0 amide bonds. The first-order chi connectivity index (χ1) is 12.3. The maximum Gasteiger partial charge on any atom is 0.284 e. The van der Waals surface area contributed by atoms with Crippen LogP contribution in [0.4, 0.5) is 0 Å². The molecule has 4 nitrogen and oxygen atoms in total. The number of nitrogens with zero attached hydrogens (tertiary/aromatic N) is 1. The highest BCUT2D eigenvalue weighted by molar-refractivity contribution is 7.87. The van der Waals surface area contributed by atoms with Crippen LogP contribution in [0.3, 0.4) is 0 Å². The fourth-order valence-corrected chi connectivity index (χ4v) is 5.08. The molecule has 0 aliphatic rings. The molecule has 1 unspecified atom stereocenters. The number of hydrogen-bond donors (Lipinski definition) is 1. The van der Waals surface area contributed by atoms with Crippen molar-refractivity contribution in [3.05, 3.63) is 0 Å². The summed E-state index contributed by atoms with van der Waals surface area (Å²) in [6.45, 7) is 4.09. The smallest absolute Gasteiger partial charge is 0.284 e. The van der Waals surface area contributed by atoms with Gasteiger partial charge in [-0.3, -0.25) is 9.45 Å². The molecule has 0 fully saturated rings. The maximum atomic E-state index is 11.8. The Hall–Kier alpha value is -0.130. The van der Waals surface area contributed by atoms with Gasteiger partial charge in [0.05, 0.1) is 0 Å². The van der Waals surface area contributed by atoms with E-state index in [0.29, 0.717) is 12.8 Å². The molecule has 0 aliphatic heterocycles. The molecule has 0 heterocycles.